The molecule has 0 spiro atoms. The largest absolute Gasteiger partial charge is 0.490 e. The second-order valence-electron chi connectivity index (χ2n) is 10.6. The lowest BCUT2D eigenvalue weighted by atomic mass is 10.0. The molecule has 1 fully saturated rings. The molecular weight excluding hydrogens is 508 g/mol. The Labute approximate surface area is 233 Å². The molecule has 0 amide bonds. The van der Waals surface area contributed by atoms with Crippen molar-refractivity contribution in [3.8, 4) is 11.5 Å². The zero-order valence-electron chi connectivity index (χ0n) is 24.2. The van der Waals surface area contributed by atoms with E-state index in [-0.39, 0.29) is 23.3 Å². The third-order valence-corrected chi connectivity index (χ3v) is 7.34. The average molecular weight is 547 g/mol. The SMILES string of the molecule is CCOc1cc2nc(NC(C)C)nc(N3CCC(n4c(=O)c5cc(C)ccc5n(C)c4=O)CC3)c2cc1OCC. The summed E-state index contributed by atoms with van der Waals surface area (Å²) >= 11 is 0. The highest BCUT2D eigenvalue weighted by Gasteiger charge is 2.27. The highest BCUT2D eigenvalue weighted by molar-refractivity contribution is 5.93. The number of anilines is 2. The average Bonchev–Trinajstić information content (AvgIpc) is 2.92. The molecule has 212 valence electrons. The van der Waals surface area contributed by atoms with Crippen LogP contribution in [0.5, 0.6) is 11.5 Å². The molecule has 1 aliphatic heterocycles. The second kappa shape index (κ2) is 11.2. The van der Waals surface area contributed by atoms with Crippen molar-refractivity contribution >= 4 is 33.6 Å². The molecule has 0 radical (unpaired) electrons. The first kappa shape index (κ1) is 27.5. The van der Waals surface area contributed by atoms with Gasteiger partial charge >= 0.3 is 5.69 Å². The van der Waals surface area contributed by atoms with Crippen molar-refractivity contribution in [3.63, 3.8) is 0 Å². The van der Waals surface area contributed by atoms with Crippen molar-refractivity contribution in [2.24, 2.45) is 7.05 Å². The lowest BCUT2D eigenvalue weighted by Gasteiger charge is -2.34. The number of nitrogens with one attached hydrogen (secondary N) is 1. The fourth-order valence-electron chi connectivity index (χ4n) is 5.47. The first-order valence-corrected chi connectivity index (χ1v) is 14.1. The van der Waals surface area contributed by atoms with Gasteiger partial charge in [0.1, 0.15) is 5.82 Å². The molecule has 0 atom stereocenters. The maximum atomic E-state index is 13.5. The Hall–Kier alpha value is -4.08. The summed E-state index contributed by atoms with van der Waals surface area (Å²) in [4.78, 5) is 38.7. The van der Waals surface area contributed by atoms with Gasteiger partial charge in [0, 0.05) is 43.7 Å². The summed E-state index contributed by atoms with van der Waals surface area (Å²) in [6, 6.07) is 9.46. The summed E-state index contributed by atoms with van der Waals surface area (Å²) in [6.07, 6.45) is 1.28. The summed E-state index contributed by atoms with van der Waals surface area (Å²) in [5, 5.41) is 4.78. The van der Waals surface area contributed by atoms with E-state index in [0.717, 1.165) is 22.3 Å². The predicted molar refractivity (Wildman–Crippen MR) is 159 cm³/mol. The maximum Gasteiger partial charge on any atom is 0.331 e. The Morgan fingerprint density at radius 1 is 0.975 bits per heavy atom. The summed E-state index contributed by atoms with van der Waals surface area (Å²) in [6.45, 7) is 12.2. The van der Waals surface area contributed by atoms with E-state index in [9.17, 15) is 9.59 Å². The minimum Gasteiger partial charge on any atom is -0.490 e. The predicted octanol–water partition coefficient (Wildman–Crippen LogP) is 4.41. The van der Waals surface area contributed by atoms with Gasteiger partial charge in [-0.1, -0.05) is 11.6 Å². The number of hydrogen-bond acceptors (Lipinski definition) is 8. The lowest BCUT2D eigenvalue weighted by molar-refractivity contribution is 0.288. The number of nitrogens with zero attached hydrogens (tertiary/aromatic N) is 5. The lowest BCUT2D eigenvalue weighted by Crippen LogP contribution is -2.45. The van der Waals surface area contributed by atoms with Gasteiger partial charge in [0.2, 0.25) is 5.95 Å². The van der Waals surface area contributed by atoms with Crippen LogP contribution in [0.2, 0.25) is 0 Å². The molecule has 0 aliphatic carbocycles. The topological polar surface area (TPSA) is 104 Å². The highest BCUT2D eigenvalue weighted by atomic mass is 16.5. The van der Waals surface area contributed by atoms with Crippen molar-refractivity contribution in [2.45, 2.75) is 59.5 Å². The molecule has 0 unspecified atom stereocenters. The molecule has 0 saturated carbocycles. The highest BCUT2D eigenvalue weighted by Crippen LogP contribution is 2.37. The van der Waals surface area contributed by atoms with Gasteiger partial charge in [-0.3, -0.25) is 13.9 Å². The quantitative estimate of drug-likeness (QED) is 0.347. The molecule has 1 N–H and O–H groups in total. The van der Waals surface area contributed by atoms with E-state index in [4.69, 9.17) is 19.4 Å². The first-order chi connectivity index (χ1) is 19.2. The van der Waals surface area contributed by atoms with Crippen LogP contribution >= 0.6 is 0 Å². The van der Waals surface area contributed by atoms with Crippen LogP contribution in [0.25, 0.3) is 21.8 Å². The van der Waals surface area contributed by atoms with Gasteiger partial charge in [-0.15, -0.1) is 0 Å². The van der Waals surface area contributed by atoms with Crippen LogP contribution in [0, 0.1) is 6.92 Å². The molecule has 5 rings (SSSR count). The van der Waals surface area contributed by atoms with Gasteiger partial charge < -0.3 is 19.7 Å². The van der Waals surface area contributed by atoms with Gasteiger partial charge in [-0.2, -0.15) is 4.98 Å². The van der Waals surface area contributed by atoms with Crippen LogP contribution in [0.15, 0.2) is 39.9 Å². The molecule has 1 aliphatic rings. The number of aromatic nitrogens is 4. The maximum absolute atomic E-state index is 13.5. The summed E-state index contributed by atoms with van der Waals surface area (Å²) in [5.41, 5.74) is 1.91. The number of fused-ring (bicyclic) bond motifs is 2. The normalized spacial score (nSPS) is 14.3. The van der Waals surface area contributed by atoms with E-state index in [1.54, 1.807) is 11.6 Å². The van der Waals surface area contributed by atoms with Crippen molar-refractivity contribution < 1.29 is 9.47 Å². The van der Waals surface area contributed by atoms with E-state index in [1.807, 2.05) is 65.0 Å². The smallest absolute Gasteiger partial charge is 0.331 e. The Kier molecular flexibility index (Phi) is 7.69. The Morgan fingerprint density at radius 2 is 1.65 bits per heavy atom. The third-order valence-electron chi connectivity index (χ3n) is 7.34. The van der Waals surface area contributed by atoms with E-state index in [1.165, 1.54) is 4.57 Å². The van der Waals surface area contributed by atoms with Crippen molar-refractivity contribution in [2.75, 3.05) is 36.5 Å². The van der Waals surface area contributed by atoms with Gasteiger partial charge in [-0.25, -0.2) is 9.78 Å². The van der Waals surface area contributed by atoms with Gasteiger partial charge in [0.15, 0.2) is 11.5 Å². The fourth-order valence-corrected chi connectivity index (χ4v) is 5.47. The molecular formula is C30H38N6O4. The molecule has 1 saturated heterocycles. The van der Waals surface area contributed by atoms with Crippen LogP contribution in [-0.4, -0.2) is 51.4 Å². The molecule has 10 nitrogen and oxygen atoms in total. The first-order valence-electron chi connectivity index (χ1n) is 14.1. The van der Waals surface area contributed by atoms with E-state index in [0.29, 0.717) is 67.5 Å². The van der Waals surface area contributed by atoms with Crippen LogP contribution < -0.4 is 30.9 Å². The molecule has 40 heavy (non-hydrogen) atoms. The molecule has 10 heteroatoms. The number of rotatable bonds is 8. The minimum absolute atomic E-state index is 0.157. The fraction of sp³-hybridized carbons (Fsp3) is 0.467. The zero-order chi connectivity index (χ0) is 28.6. The number of hydrogen-bond donors (Lipinski definition) is 1. The van der Waals surface area contributed by atoms with Crippen LogP contribution in [0.1, 0.15) is 52.1 Å². The van der Waals surface area contributed by atoms with E-state index >= 15 is 0 Å². The van der Waals surface area contributed by atoms with Crippen LogP contribution in [-0.2, 0) is 7.05 Å². The molecule has 0 bridgehead atoms. The Bertz CT molecular complexity index is 1670. The number of ether oxygens (including phenoxy) is 2. The van der Waals surface area contributed by atoms with Gasteiger partial charge in [0.25, 0.3) is 5.56 Å². The summed E-state index contributed by atoms with van der Waals surface area (Å²) in [7, 11) is 1.73. The zero-order valence-corrected chi connectivity index (χ0v) is 24.2. The third kappa shape index (κ3) is 5.10. The van der Waals surface area contributed by atoms with Crippen LogP contribution in [0.4, 0.5) is 11.8 Å². The van der Waals surface area contributed by atoms with E-state index < -0.39 is 0 Å². The Balaban J connectivity index is 1.52. The molecule has 3 heterocycles. The number of benzene rings is 2. The summed E-state index contributed by atoms with van der Waals surface area (Å²) in [5.74, 6) is 2.64. The van der Waals surface area contributed by atoms with Crippen LogP contribution in [0.3, 0.4) is 0 Å². The Morgan fingerprint density at radius 3 is 2.30 bits per heavy atom. The molecule has 2 aromatic carbocycles. The van der Waals surface area contributed by atoms with Gasteiger partial charge in [-0.05, 0) is 65.7 Å². The summed E-state index contributed by atoms with van der Waals surface area (Å²) < 4.78 is 14.8. The molecule has 4 aromatic rings. The second-order valence-corrected chi connectivity index (χ2v) is 10.6. The van der Waals surface area contributed by atoms with Crippen molar-refractivity contribution in [1.29, 1.82) is 0 Å². The molecule has 2 aromatic heterocycles. The van der Waals surface area contributed by atoms with E-state index in [2.05, 4.69) is 10.2 Å². The monoisotopic (exact) mass is 546 g/mol. The minimum atomic E-state index is -0.277. The number of aryl methyl sites for hydroxylation is 2. The van der Waals surface area contributed by atoms with Gasteiger partial charge in [0.05, 0.1) is 29.6 Å². The van der Waals surface area contributed by atoms with Crippen molar-refractivity contribution in [1.82, 2.24) is 19.1 Å². The standard InChI is InChI=1S/C30H38N6O4/c1-7-39-25-16-21-23(17-26(25)40-8-2)32-29(31-18(3)4)33-27(21)35-13-11-20(12-14-35)36-28(37)22-15-19(5)9-10-24(22)34(6)30(36)38/h9-10,15-18,20H,7-8,11-14H2,1-6H3,(H,31,32,33). The van der Waals surface area contributed by atoms with Crippen molar-refractivity contribution in [3.05, 3.63) is 56.7 Å². The number of piperidine rings is 1.